The Morgan fingerprint density at radius 1 is 1.24 bits per heavy atom. The van der Waals surface area contributed by atoms with E-state index in [1.807, 2.05) is 47.3 Å². The van der Waals surface area contributed by atoms with Crippen LogP contribution in [0.1, 0.15) is 18.5 Å². The molecule has 5 nitrogen and oxygen atoms in total. The lowest BCUT2D eigenvalue weighted by atomic mass is 10.2. The van der Waals surface area contributed by atoms with Gasteiger partial charge in [-0.25, -0.2) is 13.1 Å². The molecular formula is C15H19N3O2S. The summed E-state index contributed by atoms with van der Waals surface area (Å²) in [6.07, 6.45) is 3.58. The van der Waals surface area contributed by atoms with Crippen LogP contribution in [-0.4, -0.2) is 35.7 Å². The maximum Gasteiger partial charge on any atom is 0.151 e. The van der Waals surface area contributed by atoms with Gasteiger partial charge in [-0.2, -0.15) is 5.10 Å². The van der Waals surface area contributed by atoms with Gasteiger partial charge in [0.25, 0.3) is 0 Å². The molecule has 1 aliphatic rings. The summed E-state index contributed by atoms with van der Waals surface area (Å²) in [4.78, 5) is 0. The molecule has 1 saturated heterocycles. The average Bonchev–Trinajstić information content (AvgIpc) is 2.94. The highest BCUT2D eigenvalue weighted by atomic mass is 32.2. The SMILES string of the molecule is O=S1(=O)CCCC(NCc2ccn(-c3ccccc3)n2)C1. The van der Waals surface area contributed by atoms with Crippen LogP contribution in [-0.2, 0) is 16.4 Å². The fourth-order valence-electron chi connectivity index (χ4n) is 2.61. The van der Waals surface area contributed by atoms with Crippen LogP contribution < -0.4 is 5.32 Å². The van der Waals surface area contributed by atoms with E-state index in [2.05, 4.69) is 10.4 Å². The highest BCUT2D eigenvalue weighted by Gasteiger charge is 2.24. The van der Waals surface area contributed by atoms with Crippen molar-refractivity contribution in [1.82, 2.24) is 15.1 Å². The van der Waals surface area contributed by atoms with Crippen molar-refractivity contribution in [3.63, 3.8) is 0 Å². The van der Waals surface area contributed by atoms with Crippen molar-refractivity contribution in [2.45, 2.75) is 25.4 Å². The summed E-state index contributed by atoms with van der Waals surface area (Å²) in [6.45, 7) is 0.597. The molecule has 0 radical (unpaired) electrons. The number of rotatable bonds is 4. The lowest BCUT2D eigenvalue weighted by Gasteiger charge is -2.22. The summed E-state index contributed by atoms with van der Waals surface area (Å²) in [5.41, 5.74) is 1.94. The molecule has 0 aliphatic carbocycles. The van der Waals surface area contributed by atoms with Crippen LogP contribution >= 0.6 is 0 Å². The first-order valence-corrected chi connectivity index (χ1v) is 8.98. The molecule has 6 heteroatoms. The van der Waals surface area contributed by atoms with Gasteiger partial charge in [-0.05, 0) is 31.0 Å². The molecule has 1 aromatic carbocycles. The van der Waals surface area contributed by atoms with Gasteiger partial charge >= 0.3 is 0 Å². The minimum absolute atomic E-state index is 0.0469. The maximum atomic E-state index is 11.6. The molecule has 1 aliphatic heterocycles. The zero-order valence-electron chi connectivity index (χ0n) is 11.8. The largest absolute Gasteiger partial charge is 0.307 e. The van der Waals surface area contributed by atoms with Gasteiger partial charge in [0.1, 0.15) is 0 Å². The summed E-state index contributed by atoms with van der Waals surface area (Å²) in [6, 6.07) is 11.9. The molecule has 0 amide bonds. The summed E-state index contributed by atoms with van der Waals surface area (Å²) in [7, 11) is -2.86. The zero-order chi connectivity index (χ0) is 14.7. The number of hydrogen-bond acceptors (Lipinski definition) is 4. The lowest BCUT2D eigenvalue weighted by Crippen LogP contribution is -2.39. The third-order valence-electron chi connectivity index (χ3n) is 3.70. The van der Waals surface area contributed by atoms with Crippen molar-refractivity contribution in [3.8, 4) is 5.69 Å². The molecule has 1 unspecified atom stereocenters. The number of sulfone groups is 1. The molecule has 1 aromatic heterocycles. The molecule has 1 N–H and O–H groups in total. The summed E-state index contributed by atoms with van der Waals surface area (Å²) in [5, 5.41) is 7.81. The van der Waals surface area contributed by atoms with Gasteiger partial charge in [-0.15, -0.1) is 0 Å². The molecule has 1 fully saturated rings. The normalized spacial score (nSPS) is 21.2. The van der Waals surface area contributed by atoms with Gasteiger partial charge in [0.05, 0.1) is 22.9 Å². The van der Waals surface area contributed by atoms with E-state index in [4.69, 9.17) is 0 Å². The summed E-state index contributed by atoms with van der Waals surface area (Å²) in [5.74, 6) is 0.570. The number of hydrogen-bond donors (Lipinski definition) is 1. The Morgan fingerprint density at radius 2 is 2.05 bits per heavy atom. The molecular weight excluding hydrogens is 286 g/mol. The zero-order valence-corrected chi connectivity index (χ0v) is 12.6. The first-order valence-electron chi connectivity index (χ1n) is 7.16. The van der Waals surface area contributed by atoms with Crippen LogP contribution in [0.15, 0.2) is 42.6 Å². The first kappa shape index (κ1) is 14.3. The number of nitrogens with zero attached hydrogens (tertiary/aromatic N) is 2. The molecule has 21 heavy (non-hydrogen) atoms. The molecule has 0 bridgehead atoms. The van der Waals surface area contributed by atoms with Gasteiger partial charge in [-0.1, -0.05) is 18.2 Å². The van der Waals surface area contributed by atoms with Crippen molar-refractivity contribution in [2.24, 2.45) is 0 Å². The number of aromatic nitrogens is 2. The Hall–Kier alpha value is -1.66. The molecule has 0 saturated carbocycles. The van der Waals surface area contributed by atoms with E-state index in [0.717, 1.165) is 24.2 Å². The molecule has 3 rings (SSSR count). The fraction of sp³-hybridized carbons (Fsp3) is 0.400. The van der Waals surface area contributed by atoms with E-state index < -0.39 is 9.84 Å². The maximum absolute atomic E-state index is 11.6. The van der Waals surface area contributed by atoms with Gasteiger partial charge < -0.3 is 5.32 Å². The van der Waals surface area contributed by atoms with Crippen LogP contribution in [0.5, 0.6) is 0 Å². The number of benzene rings is 1. The molecule has 0 spiro atoms. The van der Waals surface area contributed by atoms with Gasteiger partial charge in [-0.3, -0.25) is 0 Å². The van der Waals surface area contributed by atoms with Crippen molar-refractivity contribution in [1.29, 1.82) is 0 Å². The van der Waals surface area contributed by atoms with Crippen molar-refractivity contribution >= 4 is 9.84 Å². The lowest BCUT2D eigenvalue weighted by molar-refractivity contribution is 0.476. The molecule has 1 atom stereocenters. The standard InChI is InChI=1S/C15H19N3O2S/c19-21(20)10-4-5-14(12-21)16-11-13-8-9-18(17-13)15-6-2-1-3-7-15/h1-3,6-9,14,16H,4-5,10-12H2. The van der Waals surface area contributed by atoms with Gasteiger partial charge in [0, 0.05) is 18.8 Å². The molecule has 2 aromatic rings. The quantitative estimate of drug-likeness (QED) is 0.930. The Labute approximate surface area is 124 Å². The Kier molecular flexibility index (Phi) is 4.07. The first-order chi connectivity index (χ1) is 10.1. The van der Waals surface area contributed by atoms with Crippen LogP contribution in [0, 0.1) is 0 Å². The van der Waals surface area contributed by atoms with Crippen LogP contribution in [0.25, 0.3) is 5.69 Å². The minimum Gasteiger partial charge on any atom is -0.307 e. The van der Waals surface area contributed by atoms with E-state index >= 15 is 0 Å². The summed E-state index contributed by atoms with van der Waals surface area (Å²) < 4.78 is 25.0. The van der Waals surface area contributed by atoms with E-state index in [9.17, 15) is 8.42 Å². The second-order valence-corrected chi connectivity index (χ2v) is 7.65. The second kappa shape index (κ2) is 5.99. The van der Waals surface area contributed by atoms with E-state index in [-0.39, 0.29) is 11.8 Å². The highest BCUT2D eigenvalue weighted by Crippen LogP contribution is 2.13. The van der Waals surface area contributed by atoms with Crippen molar-refractivity contribution in [3.05, 3.63) is 48.3 Å². The number of para-hydroxylation sites is 1. The smallest absolute Gasteiger partial charge is 0.151 e. The third kappa shape index (κ3) is 3.71. The van der Waals surface area contributed by atoms with Crippen LogP contribution in [0.2, 0.25) is 0 Å². The Morgan fingerprint density at radius 3 is 2.81 bits per heavy atom. The van der Waals surface area contributed by atoms with Crippen LogP contribution in [0.3, 0.4) is 0 Å². The minimum atomic E-state index is -2.86. The Balaban J connectivity index is 1.60. The summed E-state index contributed by atoms with van der Waals surface area (Å²) >= 11 is 0. The predicted molar refractivity (Wildman–Crippen MR) is 82.1 cm³/mol. The Bertz CT molecular complexity index is 695. The topological polar surface area (TPSA) is 64.0 Å². The van der Waals surface area contributed by atoms with Gasteiger partial charge in [0.15, 0.2) is 9.84 Å². The fourth-order valence-corrected chi connectivity index (χ4v) is 4.28. The highest BCUT2D eigenvalue weighted by molar-refractivity contribution is 7.91. The van der Waals surface area contributed by atoms with E-state index in [1.165, 1.54) is 0 Å². The van der Waals surface area contributed by atoms with E-state index in [1.54, 1.807) is 0 Å². The van der Waals surface area contributed by atoms with Gasteiger partial charge in [0.2, 0.25) is 0 Å². The van der Waals surface area contributed by atoms with E-state index in [0.29, 0.717) is 12.3 Å². The predicted octanol–water partition coefficient (Wildman–Crippen LogP) is 1.54. The number of nitrogens with one attached hydrogen (secondary N) is 1. The molecule has 112 valence electrons. The van der Waals surface area contributed by atoms with Crippen molar-refractivity contribution in [2.75, 3.05) is 11.5 Å². The van der Waals surface area contributed by atoms with Crippen LogP contribution in [0.4, 0.5) is 0 Å². The second-order valence-electron chi connectivity index (χ2n) is 5.42. The monoisotopic (exact) mass is 305 g/mol. The molecule has 2 heterocycles. The average molecular weight is 305 g/mol. The third-order valence-corrected chi connectivity index (χ3v) is 5.52. The van der Waals surface area contributed by atoms with Crippen molar-refractivity contribution < 1.29 is 8.42 Å².